The monoisotopic (exact) mass is 285 g/mol. The van der Waals surface area contributed by atoms with Gasteiger partial charge in [-0.3, -0.25) is 0 Å². The van der Waals surface area contributed by atoms with Crippen LogP contribution in [0.4, 0.5) is 8.78 Å². The number of nitrogens with zero attached hydrogens (tertiary/aromatic N) is 1. The van der Waals surface area contributed by atoms with E-state index in [2.05, 4.69) is 36.8 Å². The highest BCUT2D eigenvalue weighted by Gasteiger charge is 2.11. The Hall–Kier alpha value is -0.0300. The van der Waals surface area contributed by atoms with Crippen LogP contribution in [0.3, 0.4) is 0 Å². The molecule has 0 radical (unpaired) electrons. The van der Waals surface area contributed by atoms with Crippen molar-refractivity contribution in [2.24, 2.45) is 0 Å². The first-order valence-electron chi connectivity index (χ1n) is 2.70. The predicted molar refractivity (Wildman–Crippen MR) is 44.6 cm³/mol. The summed E-state index contributed by atoms with van der Waals surface area (Å²) < 4.78 is 25.1. The van der Waals surface area contributed by atoms with E-state index in [1.165, 1.54) is 6.07 Å². The van der Waals surface area contributed by atoms with Crippen molar-refractivity contribution in [1.82, 2.24) is 4.98 Å². The molecule has 0 amide bonds. The molecule has 1 heterocycles. The molecule has 0 atom stereocenters. The third kappa shape index (κ3) is 2.20. The van der Waals surface area contributed by atoms with Crippen molar-refractivity contribution in [2.45, 2.75) is 6.43 Å². The minimum atomic E-state index is -2.48. The standard InChI is InChI=1S/C6H3Br2F2N/c7-4-1-5(8)11-2-3(4)6(9)10/h1-2,6H. The average molecular weight is 287 g/mol. The van der Waals surface area contributed by atoms with Gasteiger partial charge in [0.05, 0.1) is 5.56 Å². The largest absolute Gasteiger partial charge is 0.266 e. The fourth-order valence-corrected chi connectivity index (χ4v) is 1.71. The van der Waals surface area contributed by atoms with Crippen molar-refractivity contribution in [1.29, 1.82) is 0 Å². The summed E-state index contributed by atoms with van der Waals surface area (Å²) in [5, 5.41) is 0. The van der Waals surface area contributed by atoms with E-state index in [1.807, 2.05) is 0 Å². The van der Waals surface area contributed by atoms with Crippen LogP contribution >= 0.6 is 31.9 Å². The van der Waals surface area contributed by atoms with E-state index >= 15 is 0 Å². The maximum absolute atomic E-state index is 12.1. The van der Waals surface area contributed by atoms with Crippen molar-refractivity contribution in [3.63, 3.8) is 0 Å². The van der Waals surface area contributed by atoms with Gasteiger partial charge in [0.15, 0.2) is 0 Å². The van der Waals surface area contributed by atoms with E-state index in [0.717, 1.165) is 6.20 Å². The van der Waals surface area contributed by atoms with E-state index in [0.29, 0.717) is 9.08 Å². The molecule has 1 nitrogen and oxygen atoms in total. The summed E-state index contributed by atoms with van der Waals surface area (Å²) >= 11 is 6.06. The van der Waals surface area contributed by atoms with Crippen LogP contribution in [0, 0.1) is 0 Å². The van der Waals surface area contributed by atoms with Gasteiger partial charge >= 0.3 is 0 Å². The average Bonchev–Trinajstić information content (AvgIpc) is 1.85. The molecule has 0 spiro atoms. The van der Waals surface area contributed by atoms with Crippen molar-refractivity contribution in [2.75, 3.05) is 0 Å². The maximum atomic E-state index is 12.1. The highest BCUT2D eigenvalue weighted by molar-refractivity contribution is 9.11. The summed E-state index contributed by atoms with van der Waals surface area (Å²) in [6.07, 6.45) is -1.34. The molecule has 11 heavy (non-hydrogen) atoms. The lowest BCUT2D eigenvalue weighted by Crippen LogP contribution is -1.88. The molecule has 0 bridgehead atoms. The summed E-state index contributed by atoms with van der Waals surface area (Å²) in [7, 11) is 0. The molecular formula is C6H3Br2F2N. The topological polar surface area (TPSA) is 12.9 Å². The van der Waals surface area contributed by atoms with Crippen LogP contribution in [0.5, 0.6) is 0 Å². The lowest BCUT2D eigenvalue weighted by atomic mass is 10.3. The van der Waals surface area contributed by atoms with Crippen molar-refractivity contribution in [3.05, 3.63) is 26.9 Å². The SMILES string of the molecule is FC(F)c1cnc(Br)cc1Br. The lowest BCUT2D eigenvalue weighted by molar-refractivity contribution is 0.150. The lowest BCUT2D eigenvalue weighted by Gasteiger charge is -2.01. The van der Waals surface area contributed by atoms with E-state index in [9.17, 15) is 8.78 Å². The van der Waals surface area contributed by atoms with E-state index in [-0.39, 0.29) is 5.56 Å². The zero-order valence-corrected chi connectivity index (χ0v) is 8.36. The smallest absolute Gasteiger partial charge is 0.249 e. The fraction of sp³-hybridized carbons (Fsp3) is 0.167. The normalized spacial score (nSPS) is 10.6. The molecule has 0 aromatic carbocycles. The Bertz CT molecular complexity index is 265. The maximum Gasteiger partial charge on any atom is 0.266 e. The van der Waals surface area contributed by atoms with Gasteiger partial charge in [0.1, 0.15) is 4.60 Å². The van der Waals surface area contributed by atoms with Gasteiger partial charge in [-0.25, -0.2) is 13.8 Å². The second-order valence-electron chi connectivity index (χ2n) is 1.83. The molecule has 0 aliphatic rings. The van der Waals surface area contributed by atoms with E-state index < -0.39 is 6.43 Å². The Morgan fingerprint density at radius 2 is 2.00 bits per heavy atom. The quantitative estimate of drug-likeness (QED) is 0.720. The second kappa shape index (κ2) is 3.58. The minimum absolute atomic E-state index is 0.0896. The van der Waals surface area contributed by atoms with Gasteiger partial charge in [-0.15, -0.1) is 0 Å². The Morgan fingerprint density at radius 1 is 1.36 bits per heavy atom. The Kier molecular flexibility index (Phi) is 2.95. The molecule has 60 valence electrons. The first-order valence-corrected chi connectivity index (χ1v) is 4.29. The molecular weight excluding hydrogens is 284 g/mol. The third-order valence-electron chi connectivity index (χ3n) is 1.08. The van der Waals surface area contributed by atoms with Crippen molar-refractivity contribution < 1.29 is 8.78 Å². The van der Waals surface area contributed by atoms with Crippen LogP contribution in [0.1, 0.15) is 12.0 Å². The van der Waals surface area contributed by atoms with E-state index in [1.54, 1.807) is 0 Å². The molecule has 0 aliphatic carbocycles. The number of aromatic nitrogens is 1. The molecule has 5 heteroatoms. The molecule has 1 rings (SSSR count). The van der Waals surface area contributed by atoms with Crippen LogP contribution in [-0.2, 0) is 0 Å². The van der Waals surface area contributed by atoms with Crippen LogP contribution in [0.15, 0.2) is 21.3 Å². The summed E-state index contributed by atoms with van der Waals surface area (Å²) in [5.74, 6) is 0. The van der Waals surface area contributed by atoms with Crippen LogP contribution in [-0.4, -0.2) is 4.98 Å². The zero-order chi connectivity index (χ0) is 8.43. The number of halogens is 4. The van der Waals surface area contributed by atoms with Crippen molar-refractivity contribution in [3.8, 4) is 0 Å². The Morgan fingerprint density at radius 3 is 2.45 bits per heavy atom. The fourth-order valence-electron chi connectivity index (χ4n) is 0.579. The predicted octanol–water partition coefficient (Wildman–Crippen LogP) is 3.54. The Labute approximate surface area is 79.1 Å². The Balaban J connectivity index is 3.09. The number of hydrogen-bond acceptors (Lipinski definition) is 1. The molecule has 1 aromatic heterocycles. The molecule has 0 aliphatic heterocycles. The number of pyridine rings is 1. The molecule has 0 saturated carbocycles. The summed E-state index contributed by atoms with van der Waals surface area (Å²) in [6.45, 7) is 0. The summed E-state index contributed by atoms with van der Waals surface area (Å²) in [6, 6.07) is 1.49. The summed E-state index contributed by atoms with van der Waals surface area (Å²) in [5.41, 5.74) is -0.0896. The number of rotatable bonds is 1. The highest BCUT2D eigenvalue weighted by atomic mass is 79.9. The van der Waals surface area contributed by atoms with Gasteiger partial charge < -0.3 is 0 Å². The third-order valence-corrected chi connectivity index (χ3v) is 2.20. The molecule has 0 fully saturated rings. The molecule has 0 saturated heterocycles. The van der Waals surface area contributed by atoms with Crippen molar-refractivity contribution >= 4 is 31.9 Å². The van der Waals surface area contributed by atoms with Gasteiger partial charge in [0, 0.05) is 10.7 Å². The van der Waals surface area contributed by atoms with Crippen LogP contribution in [0.2, 0.25) is 0 Å². The first kappa shape index (κ1) is 9.06. The first-order chi connectivity index (χ1) is 5.11. The van der Waals surface area contributed by atoms with Gasteiger partial charge in [-0.2, -0.15) is 0 Å². The molecule has 1 aromatic rings. The minimum Gasteiger partial charge on any atom is -0.249 e. The van der Waals surface area contributed by atoms with Gasteiger partial charge in [0.2, 0.25) is 0 Å². The second-order valence-corrected chi connectivity index (χ2v) is 3.50. The van der Waals surface area contributed by atoms with E-state index in [4.69, 9.17) is 0 Å². The highest BCUT2D eigenvalue weighted by Crippen LogP contribution is 2.27. The van der Waals surface area contributed by atoms with Crippen LogP contribution < -0.4 is 0 Å². The van der Waals surface area contributed by atoms with Crippen LogP contribution in [0.25, 0.3) is 0 Å². The molecule has 0 N–H and O–H groups in total. The molecule has 0 unspecified atom stereocenters. The van der Waals surface area contributed by atoms with Gasteiger partial charge in [-0.1, -0.05) is 15.9 Å². The van der Waals surface area contributed by atoms with Gasteiger partial charge in [-0.05, 0) is 22.0 Å². The number of alkyl halides is 2. The zero-order valence-electron chi connectivity index (χ0n) is 5.19. The number of hydrogen-bond donors (Lipinski definition) is 0. The van der Waals surface area contributed by atoms with Gasteiger partial charge in [0.25, 0.3) is 6.43 Å². The summed E-state index contributed by atoms with van der Waals surface area (Å²) in [4.78, 5) is 3.67.